The van der Waals surface area contributed by atoms with Gasteiger partial charge in [-0.15, -0.1) is 0 Å². The summed E-state index contributed by atoms with van der Waals surface area (Å²) in [6, 6.07) is 0. The first kappa shape index (κ1) is 16.6. The Balaban J connectivity index is 1.94. The number of alkyl halides is 3. The summed E-state index contributed by atoms with van der Waals surface area (Å²) >= 11 is 0. The molecule has 2 rings (SSSR count). The maximum Gasteiger partial charge on any atom is 0.435 e. The van der Waals surface area contributed by atoms with Crippen LogP contribution in [0.3, 0.4) is 0 Å². The van der Waals surface area contributed by atoms with Crippen LogP contribution in [-0.4, -0.2) is 33.7 Å². The van der Waals surface area contributed by atoms with E-state index in [1.54, 1.807) is 11.8 Å². The molecular formula is C14H21F3N4O. The fourth-order valence-corrected chi connectivity index (χ4v) is 2.85. The summed E-state index contributed by atoms with van der Waals surface area (Å²) in [4.78, 5) is 13.0. The molecule has 5 nitrogen and oxygen atoms in total. The normalized spacial score (nSPS) is 17.0. The van der Waals surface area contributed by atoms with E-state index >= 15 is 0 Å². The zero-order valence-electron chi connectivity index (χ0n) is 12.8. The van der Waals surface area contributed by atoms with E-state index in [2.05, 4.69) is 5.10 Å². The molecule has 1 aliphatic rings. The molecule has 0 saturated carbocycles. The standard InChI is InChI=1S/C14H21F3N4O/c1-9-12(14(15,16)17)19-21(13(9)18)8-5-11-3-6-20(7-4-11)10(2)22/h11H,3-8,18H2,1-2H3. The number of nitrogens with two attached hydrogens (primary N) is 1. The van der Waals surface area contributed by atoms with Crippen LogP contribution in [0.1, 0.15) is 37.4 Å². The third-order valence-electron chi connectivity index (χ3n) is 4.32. The number of halogens is 3. The molecule has 0 atom stereocenters. The highest BCUT2D eigenvalue weighted by atomic mass is 19.4. The van der Waals surface area contributed by atoms with Crippen LogP contribution in [-0.2, 0) is 17.5 Å². The van der Waals surface area contributed by atoms with Gasteiger partial charge in [0.1, 0.15) is 5.82 Å². The fraction of sp³-hybridized carbons (Fsp3) is 0.714. The van der Waals surface area contributed by atoms with Gasteiger partial charge in [0, 0.05) is 32.1 Å². The van der Waals surface area contributed by atoms with Crippen LogP contribution < -0.4 is 5.73 Å². The summed E-state index contributed by atoms with van der Waals surface area (Å²) in [6.45, 7) is 4.68. The van der Waals surface area contributed by atoms with E-state index in [4.69, 9.17) is 5.73 Å². The van der Waals surface area contributed by atoms with Crippen LogP contribution in [0.5, 0.6) is 0 Å². The number of likely N-dealkylation sites (tertiary alicyclic amines) is 1. The molecular weight excluding hydrogens is 297 g/mol. The third kappa shape index (κ3) is 3.53. The molecule has 1 amide bonds. The van der Waals surface area contributed by atoms with Gasteiger partial charge in [-0.2, -0.15) is 18.3 Å². The van der Waals surface area contributed by atoms with E-state index in [1.165, 1.54) is 11.6 Å². The van der Waals surface area contributed by atoms with E-state index < -0.39 is 11.9 Å². The molecule has 0 aromatic carbocycles. The minimum atomic E-state index is -4.48. The molecule has 0 bridgehead atoms. The van der Waals surface area contributed by atoms with Gasteiger partial charge < -0.3 is 10.6 Å². The summed E-state index contributed by atoms with van der Waals surface area (Å²) < 4.78 is 39.6. The smallest absolute Gasteiger partial charge is 0.384 e. The molecule has 1 aliphatic heterocycles. The van der Waals surface area contributed by atoms with Crippen molar-refractivity contribution in [3.8, 4) is 0 Å². The first-order chi connectivity index (χ1) is 10.2. The molecule has 0 aliphatic carbocycles. The van der Waals surface area contributed by atoms with Crippen molar-refractivity contribution in [2.75, 3.05) is 18.8 Å². The molecule has 1 saturated heterocycles. The van der Waals surface area contributed by atoms with Crippen LogP contribution in [0.25, 0.3) is 0 Å². The van der Waals surface area contributed by atoms with Crippen LogP contribution in [0.2, 0.25) is 0 Å². The van der Waals surface area contributed by atoms with E-state index in [9.17, 15) is 18.0 Å². The molecule has 2 heterocycles. The number of rotatable bonds is 3. The summed E-state index contributed by atoms with van der Waals surface area (Å²) in [5, 5.41) is 3.61. The Labute approximate surface area is 127 Å². The molecule has 1 aromatic rings. The lowest BCUT2D eigenvalue weighted by molar-refractivity contribution is -0.142. The highest BCUT2D eigenvalue weighted by molar-refractivity contribution is 5.73. The van der Waals surface area contributed by atoms with Crippen molar-refractivity contribution in [3.63, 3.8) is 0 Å². The summed E-state index contributed by atoms with van der Waals surface area (Å²) in [7, 11) is 0. The van der Waals surface area contributed by atoms with E-state index in [0.717, 1.165) is 12.8 Å². The molecule has 22 heavy (non-hydrogen) atoms. The second kappa shape index (κ2) is 6.18. The topological polar surface area (TPSA) is 64.2 Å². The van der Waals surface area contributed by atoms with E-state index in [-0.39, 0.29) is 17.3 Å². The number of piperidine rings is 1. The molecule has 0 spiro atoms. The third-order valence-corrected chi connectivity index (χ3v) is 4.32. The Bertz CT molecular complexity index is 545. The second-order valence-electron chi connectivity index (χ2n) is 5.82. The maximum atomic E-state index is 12.8. The lowest BCUT2D eigenvalue weighted by atomic mass is 9.93. The number of nitrogen functional groups attached to an aromatic ring is 1. The largest absolute Gasteiger partial charge is 0.435 e. The summed E-state index contributed by atoms with van der Waals surface area (Å²) in [5.41, 5.74) is 4.80. The molecule has 1 fully saturated rings. The molecule has 0 unspecified atom stereocenters. The Kier molecular flexibility index (Phi) is 4.67. The molecule has 0 radical (unpaired) electrons. The number of anilines is 1. The average molecular weight is 318 g/mol. The van der Waals surface area contributed by atoms with Crippen molar-refractivity contribution in [1.82, 2.24) is 14.7 Å². The fourth-order valence-electron chi connectivity index (χ4n) is 2.85. The Morgan fingerprint density at radius 1 is 1.36 bits per heavy atom. The predicted octanol–water partition coefficient (Wildman–Crippen LogP) is 2.44. The molecule has 1 aromatic heterocycles. The SMILES string of the molecule is CC(=O)N1CCC(CCn2nc(C(F)(F)F)c(C)c2N)CC1. The van der Waals surface area contributed by atoms with Crippen LogP contribution in [0, 0.1) is 12.8 Å². The molecule has 124 valence electrons. The summed E-state index contributed by atoms with van der Waals surface area (Å²) in [5.74, 6) is 0.530. The van der Waals surface area contributed by atoms with Gasteiger partial charge in [-0.05, 0) is 32.1 Å². The van der Waals surface area contributed by atoms with Gasteiger partial charge >= 0.3 is 6.18 Å². The predicted molar refractivity (Wildman–Crippen MR) is 76.0 cm³/mol. The van der Waals surface area contributed by atoms with Crippen molar-refractivity contribution >= 4 is 11.7 Å². The van der Waals surface area contributed by atoms with Gasteiger partial charge in [0.25, 0.3) is 0 Å². The number of carbonyl (C=O) groups excluding carboxylic acids is 1. The van der Waals surface area contributed by atoms with Crippen molar-refractivity contribution < 1.29 is 18.0 Å². The number of amides is 1. The van der Waals surface area contributed by atoms with Crippen LogP contribution >= 0.6 is 0 Å². The Morgan fingerprint density at radius 3 is 2.41 bits per heavy atom. The van der Waals surface area contributed by atoms with Gasteiger partial charge in [0.2, 0.25) is 5.91 Å². The highest BCUT2D eigenvalue weighted by Gasteiger charge is 2.37. The van der Waals surface area contributed by atoms with Crippen molar-refractivity contribution in [2.45, 2.75) is 45.8 Å². The zero-order chi connectivity index (χ0) is 16.5. The Hall–Kier alpha value is -1.73. The van der Waals surface area contributed by atoms with Gasteiger partial charge in [-0.3, -0.25) is 4.79 Å². The van der Waals surface area contributed by atoms with Crippen molar-refractivity contribution in [2.24, 2.45) is 5.92 Å². The van der Waals surface area contributed by atoms with Gasteiger partial charge in [0.05, 0.1) is 0 Å². The van der Waals surface area contributed by atoms with Gasteiger partial charge in [-0.1, -0.05) is 0 Å². The summed E-state index contributed by atoms with van der Waals surface area (Å²) in [6.07, 6.45) is -2.03. The first-order valence-electron chi connectivity index (χ1n) is 7.35. The second-order valence-corrected chi connectivity index (χ2v) is 5.82. The number of hydrogen-bond donors (Lipinski definition) is 1. The van der Waals surface area contributed by atoms with Gasteiger partial charge in [-0.25, -0.2) is 4.68 Å². The van der Waals surface area contributed by atoms with Gasteiger partial charge in [0.15, 0.2) is 5.69 Å². The quantitative estimate of drug-likeness (QED) is 0.931. The zero-order valence-corrected chi connectivity index (χ0v) is 12.8. The minimum absolute atomic E-state index is 0.0149. The number of aryl methyl sites for hydroxylation is 1. The monoisotopic (exact) mass is 318 g/mol. The average Bonchev–Trinajstić information content (AvgIpc) is 2.73. The number of nitrogens with zero attached hydrogens (tertiary/aromatic N) is 3. The number of hydrogen-bond acceptors (Lipinski definition) is 3. The Morgan fingerprint density at radius 2 is 1.95 bits per heavy atom. The van der Waals surface area contributed by atoms with Crippen molar-refractivity contribution in [1.29, 1.82) is 0 Å². The molecule has 8 heteroatoms. The molecule has 2 N–H and O–H groups in total. The first-order valence-corrected chi connectivity index (χ1v) is 7.35. The number of aromatic nitrogens is 2. The van der Waals surface area contributed by atoms with Crippen molar-refractivity contribution in [3.05, 3.63) is 11.3 Å². The lowest BCUT2D eigenvalue weighted by Gasteiger charge is -2.31. The minimum Gasteiger partial charge on any atom is -0.384 e. The number of carbonyl (C=O) groups is 1. The maximum absolute atomic E-state index is 12.8. The highest BCUT2D eigenvalue weighted by Crippen LogP contribution is 2.33. The van der Waals surface area contributed by atoms with E-state index in [0.29, 0.717) is 32.0 Å². The lowest BCUT2D eigenvalue weighted by Crippen LogP contribution is -2.37. The van der Waals surface area contributed by atoms with Crippen LogP contribution in [0.15, 0.2) is 0 Å². The van der Waals surface area contributed by atoms with E-state index in [1.807, 2.05) is 0 Å². The van der Waals surface area contributed by atoms with Crippen LogP contribution in [0.4, 0.5) is 19.0 Å².